The van der Waals surface area contributed by atoms with Crippen LogP contribution in [0.3, 0.4) is 0 Å². The highest BCUT2D eigenvalue weighted by Crippen LogP contribution is 2.40. The second kappa shape index (κ2) is 11.6. The average Bonchev–Trinajstić information content (AvgIpc) is 3.65. The molecule has 0 aliphatic heterocycles. The molecule has 2 aromatic heterocycles. The van der Waals surface area contributed by atoms with Crippen LogP contribution in [0.5, 0.6) is 0 Å². The molecule has 2 heterocycles. The molecule has 0 unspecified atom stereocenters. The zero-order valence-corrected chi connectivity index (χ0v) is 25.6. The Balaban J connectivity index is 1.55. The minimum absolute atomic E-state index is 0.00380. The summed E-state index contributed by atoms with van der Waals surface area (Å²) in [5, 5.41) is 20.3. The zero-order valence-electron chi connectivity index (χ0n) is 25.6. The van der Waals surface area contributed by atoms with Crippen molar-refractivity contribution < 1.29 is 30.7 Å². The first-order valence-electron chi connectivity index (χ1n) is 14.6. The lowest BCUT2D eigenvalue weighted by atomic mass is 9.92. The van der Waals surface area contributed by atoms with Crippen LogP contribution >= 0.6 is 0 Å². The zero-order chi connectivity index (χ0) is 36.5. The van der Waals surface area contributed by atoms with Crippen molar-refractivity contribution >= 4 is 11.4 Å². The number of halogens is 7. The van der Waals surface area contributed by atoms with Crippen LogP contribution in [-0.4, -0.2) is 19.9 Å². The number of alkyl halides is 3. The van der Waals surface area contributed by atoms with Crippen LogP contribution in [0.2, 0.25) is 0 Å². The molecular formula is C36H13F7N8. The molecule has 0 radical (unpaired) electrons. The normalized spacial score (nSPS) is 13.5. The van der Waals surface area contributed by atoms with Crippen molar-refractivity contribution in [2.45, 2.75) is 25.9 Å². The predicted octanol–water partition coefficient (Wildman–Crippen LogP) is 6.73. The van der Waals surface area contributed by atoms with Crippen LogP contribution in [0, 0.1) is 66.0 Å². The maximum absolute atomic E-state index is 14.6. The monoisotopic (exact) mass is 690 g/mol. The molecule has 8 nitrogen and oxygen atoms in total. The van der Waals surface area contributed by atoms with Gasteiger partial charge in [0, 0.05) is 51.1 Å². The topological polar surface area (TPSA) is 108 Å². The third-order valence-corrected chi connectivity index (χ3v) is 8.67. The molecule has 0 N–H and O–H groups in total. The van der Waals surface area contributed by atoms with Gasteiger partial charge in [0.05, 0.1) is 71.8 Å². The van der Waals surface area contributed by atoms with E-state index >= 15 is 0 Å². The molecule has 246 valence electrons. The summed E-state index contributed by atoms with van der Waals surface area (Å²) in [4.78, 5) is 24.7. The van der Waals surface area contributed by atoms with Crippen molar-refractivity contribution in [3.63, 3.8) is 0 Å². The molecule has 0 spiro atoms. The van der Waals surface area contributed by atoms with E-state index < -0.39 is 46.4 Å². The van der Waals surface area contributed by atoms with Gasteiger partial charge in [-0.3, -0.25) is 9.97 Å². The van der Waals surface area contributed by atoms with E-state index in [9.17, 15) is 41.3 Å². The van der Waals surface area contributed by atoms with Gasteiger partial charge in [-0.05, 0) is 42.3 Å². The van der Waals surface area contributed by atoms with Gasteiger partial charge < -0.3 is 0 Å². The lowest BCUT2D eigenvalue weighted by molar-refractivity contribution is -0.142. The van der Waals surface area contributed by atoms with Gasteiger partial charge in [0.15, 0.2) is 0 Å². The molecule has 0 saturated heterocycles. The first-order chi connectivity index (χ1) is 24.3. The second-order valence-electron chi connectivity index (χ2n) is 11.4. The van der Waals surface area contributed by atoms with E-state index in [0.717, 1.165) is 18.3 Å². The van der Waals surface area contributed by atoms with Crippen molar-refractivity contribution in [1.29, 1.82) is 10.5 Å². The van der Waals surface area contributed by atoms with Gasteiger partial charge in [0.2, 0.25) is 0 Å². The fourth-order valence-electron chi connectivity index (χ4n) is 6.41. The number of hydrogen-bond acceptors (Lipinski definition) is 6. The van der Waals surface area contributed by atoms with E-state index in [2.05, 4.69) is 29.6 Å². The first-order valence-corrected chi connectivity index (χ1v) is 14.6. The largest absolute Gasteiger partial charge is 0.422 e. The highest BCUT2D eigenvalue weighted by molar-refractivity contribution is 5.91. The molecule has 0 fully saturated rings. The summed E-state index contributed by atoms with van der Waals surface area (Å²) in [6.45, 7) is 16.9. The summed E-state index contributed by atoms with van der Waals surface area (Å²) in [6, 6.07) is 6.78. The number of benzene rings is 3. The molecule has 0 bridgehead atoms. The van der Waals surface area contributed by atoms with Gasteiger partial charge in [-0.1, -0.05) is 0 Å². The van der Waals surface area contributed by atoms with Crippen LogP contribution < -0.4 is 10.4 Å². The molecule has 3 aromatic carbocycles. The Hall–Kier alpha value is -6.97. The number of hydrogen-bond donors (Lipinski definition) is 0. The van der Waals surface area contributed by atoms with Crippen molar-refractivity contribution in [3.05, 3.63) is 127 Å². The second-order valence-corrected chi connectivity index (χ2v) is 11.4. The number of nitrogens with zero attached hydrogens (tertiary/aromatic N) is 8. The third kappa shape index (κ3) is 4.95. The van der Waals surface area contributed by atoms with Crippen LogP contribution in [0.4, 0.5) is 30.7 Å². The quantitative estimate of drug-likeness (QED) is 0.147. The van der Waals surface area contributed by atoms with Crippen molar-refractivity contribution in [1.82, 2.24) is 19.9 Å². The number of aromatic nitrogens is 4. The van der Waals surface area contributed by atoms with Gasteiger partial charge in [-0.15, -0.1) is 0 Å². The Morgan fingerprint density at radius 1 is 0.706 bits per heavy atom. The van der Waals surface area contributed by atoms with E-state index in [-0.39, 0.29) is 90.7 Å². The molecule has 51 heavy (non-hydrogen) atoms. The molecular weight excluding hydrogens is 677 g/mol. The van der Waals surface area contributed by atoms with Crippen molar-refractivity contribution in [2.24, 2.45) is 0 Å². The summed E-state index contributed by atoms with van der Waals surface area (Å²) in [7, 11) is 0. The lowest BCUT2D eigenvalue weighted by Crippen LogP contribution is -2.26. The van der Waals surface area contributed by atoms with Gasteiger partial charge in [-0.25, -0.2) is 47.7 Å². The van der Waals surface area contributed by atoms with E-state index in [0.29, 0.717) is 17.8 Å². The Morgan fingerprint density at radius 3 is 1.45 bits per heavy atom. The molecule has 0 atom stereocenters. The summed E-state index contributed by atoms with van der Waals surface area (Å²) < 4.78 is 98.0. The minimum Gasteiger partial charge on any atom is -0.256 e. The highest BCUT2D eigenvalue weighted by Gasteiger charge is 2.39. The minimum atomic E-state index is -5.31. The molecule has 0 amide bonds. The van der Waals surface area contributed by atoms with E-state index in [1.54, 1.807) is 0 Å². The van der Waals surface area contributed by atoms with Gasteiger partial charge in [-0.2, -0.15) is 13.2 Å². The standard InChI is InChI=1S/C36H13F7N8/c1-14-19(37)4-15(5-20(14)38)27-12-48-23-8-17-30(26(11-45)47-3)32-18(29(25(10-44)46-2)31(17)34(23)50-27)9-24-35(32)51-28(13-49-24)16-6-21(39)33(22(40)7-16)36(41,42)43/h4-7,12-13H,8-9H2,1H3/b29-25-,30-26+. The maximum atomic E-state index is 14.6. The van der Waals surface area contributed by atoms with Crippen molar-refractivity contribution in [3.8, 4) is 57.2 Å². The van der Waals surface area contributed by atoms with Crippen molar-refractivity contribution in [2.75, 3.05) is 0 Å². The maximum Gasteiger partial charge on any atom is 0.422 e. The fraction of sp³-hybridized carbons (Fsp3) is 0.111. The molecule has 7 rings (SSSR count). The SMILES string of the molecule is [C-]#[N+]/C(C#N)=c1/c2c(/c(=C(\C#N)[N+]#[C-])c3c1-c1nc(-c4cc(F)c(C)c(F)c4)cnc1C3)-c1nc(-c3cc(F)c(C(F)(F)F)c(F)c3)cnc1C2. The Kier molecular flexibility index (Phi) is 7.39. The van der Waals surface area contributed by atoms with E-state index in [1.165, 1.54) is 13.1 Å². The van der Waals surface area contributed by atoms with Crippen LogP contribution in [-0.2, 0) is 19.0 Å². The average molecular weight is 691 g/mol. The summed E-state index contributed by atoms with van der Waals surface area (Å²) >= 11 is 0. The fourth-order valence-corrected chi connectivity index (χ4v) is 6.41. The predicted molar refractivity (Wildman–Crippen MR) is 165 cm³/mol. The number of nitriles is 2. The Bertz CT molecular complexity index is 2670. The van der Waals surface area contributed by atoms with Crippen LogP contribution in [0.25, 0.3) is 66.1 Å². The van der Waals surface area contributed by atoms with E-state index in [1.807, 2.05) is 12.1 Å². The smallest absolute Gasteiger partial charge is 0.256 e. The van der Waals surface area contributed by atoms with Crippen LogP contribution in [0.1, 0.15) is 33.6 Å². The molecule has 15 heteroatoms. The molecule has 0 saturated carbocycles. The van der Waals surface area contributed by atoms with Crippen LogP contribution in [0.15, 0.2) is 36.7 Å². The molecule has 5 aromatic rings. The Labute approximate surface area is 282 Å². The lowest BCUT2D eigenvalue weighted by Gasteiger charge is -2.13. The third-order valence-electron chi connectivity index (χ3n) is 8.67. The number of fused-ring (bicyclic) bond motifs is 6. The molecule has 2 aliphatic carbocycles. The number of rotatable bonds is 2. The van der Waals surface area contributed by atoms with Gasteiger partial charge in [0.25, 0.3) is 11.4 Å². The highest BCUT2D eigenvalue weighted by atomic mass is 19.4. The summed E-state index contributed by atoms with van der Waals surface area (Å²) in [5.74, 6) is -5.42. The summed E-state index contributed by atoms with van der Waals surface area (Å²) in [5.41, 5.74) is -2.23. The first kappa shape index (κ1) is 32.6. The molecule has 2 aliphatic rings. The summed E-state index contributed by atoms with van der Waals surface area (Å²) in [6.07, 6.45) is -3.13. The Morgan fingerprint density at radius 2 is 1.10 bits per heavy atom. The van der Waals surface area contributed by atoms with Gasteiger partial charge in [0.1, 0.15) is 28.8 Å². The van der Waals surface area contributed by atoms with E-state index in [4.69, 9.17) is 13.1 Å². The van der Waals surface area contributed by atoms with Gasteiger partial charge >= 0.3 is 6.18 Å².